The molecule has 1 N–H and O–H groups in total. The summed E-state index contributed by atoms with van der Waals surface area (Å²) in [6.07, 6.45) is 2.38. The molecule has 0 radical (unpaired) electrons. The molecule has 2 nitrogen and oxygen atoms in total. The monoisotopic (exact) mass is 199 g/mol. The second-order valence-electron chi connectivity index (χ2n) is 6.00. The van der Waals surface area contributed by atoms with Crippen LogP contribution >= 0.6 is 0 Å². The van der Waals surface area contributed by atoms with Crippen molar-refractivity contribution in [2.45, 2.75) is 58.5 Å². The molecule has 0 aliphatic carbocycles. The largest absolute Gasteiger partial charge is 0.396 e. The van der Waals surface area contributed by atoms with Crippen molar-refractivity contribution < 1.29 is 5.11 Å². The third-order valence-electron chi connectivity index (χ3n) is 3.66. The molecule has 1 fully saturated rings. The number of rotatable bonds is 1. The van der Waals surface area contributed by atoms with E-state index in [0.29, 0.717) is 12.5 Å². The van der Waals surface area contributed by atoms with Gasteiger partial charge >= 0.3 is 0 Å². The van der Waals surface area contributed by atoms with Crippen molar-refractivity contribution in [2.75, 3.05) is 13.2 Å². The van der Waals surface area contributed by atoms with Crippen molar-refractivity contribution in [3.8, 4) is 0 Å². The summed E-state index contributed by atoms with van der Waals surface area (Å²) in [4.78, 5) is 2.53. The van der Waals surface area contributed by atoms with Gasteiger partial charge in [-0.3, -0.25) is 4.90 Å². The van der Waals surface area contributed by atoms with Crippen LogP contribution in [0.25, 0.3) is 0 Å². The number of piperidine rings is 1. The Morgan fingerprint density at radius 2 is 1.93 bits per heavy atom. The molecule has 1 aliphatic rings. The first kappa shape index (κ1) is 12.0. The highest BCUT2D eigenvalue weighted by Crippen LogP contribution is 2.37. The van der Waals surface area contributed by atoms with Crippen LogP contribution in [0.2, 0.25) is 0 Å². The van der Waals surface area contributed by atoms with Crippen molar-refractivity contribution in [2.24, 2.45) is 5.92 Å². The SMILES string of the molecule is CC(C)(C)N1CCCC(CO)C1(C)C. The maximum Gasteiger partial charge on any atom is 0.0476 e. The summed E-state index contributed by atoms with van der Waals surface area (Å²) in [5.74, 6) is 0.426. The van der Waals surface area contributed by atoms with Gasteiger partial charge in [0.15, 0.2) is 0 Å². The third kappa shape index (κ3) is 2.12. The first-order valence-corrected chi connectivity index (χ1v) is 5.68. The highest BCUT2D eigenvalue weighted by atomic mass is 16.3. The molecule has 1 unspecified atom stereocenters. The Hall–Kier alpha value is -0.0800. The van der Waals surface area contributed by atoms with Crippen molar-refractivity contribution in [1.82, 2.24) is 4.90 Å². The van der Waals surface area contributed by atoms with Gasteiger partial charge in [0, 0.05) is 17.7 Å². The van der Waals surface area contributed by atoms with Crippen LogP contribution in [-0.4, -0.2) is 34.2 Å². The van der Waals surface area contributed by atoms with Gasteiger partial charge in [0.05, 0.1) is 0 Å². The Morgan fingerprint density at radius 3 is 2.36 bits per heavy atom. The van der Waals surface area contributed by atoms with E-state index < -0.39 is 0 Å². The quantitative estimate of drug-likeness (QED) is 0.700. The number of hydrogen-bond donors (Lipinski definition) is 1. The molecule has 1 atom stereocenters. The molecule has 0 amide bonds. The molecule has 0 bridgehead atoms. The maximum atomic E-state index is 9.38. The number of nitrogens with zero attached hydrogens (tertiary/aromatic N) is 1. The van der Waals surface area contributed by atoms with Gasteiger partial charge in [-0.05, 0) is 59.9 Å². The lowest BCUT2D eigenvalue weighted by molar-refractivity contribution is -0.0570. The molecular formula is C12H25NO. The Kier molecular flexibility index (Phi) is 3.27. The summed E-state index contributed by atoms with van der Waals surface area (Å²) in [5, 5.41) is 9.38. The van der Waals surface area contributed by atoms with E-state index in [1.54, 1.807) is 0 Å². The van der Waals surface area contributed by atoms with Crippen LogP contribution in [0.3, 0.4) is 0 Å². The second-order valence-corrected chi connectivity index (χ2v) is 6.00. The average Bonchev–Trinajstić information content (AvgIpc) is 2.00. The normalized spacial score (nSPS) is 29.1. The van der Waals surface area contributed by atoms with Gasteiger partial charge < -0.3 is 5.11 Å². The first-order valence-electron chi connectivity index (χ1n) is 5.68. The Bertz CT molecular complexity index is 193. The molecule has 1 rings (SSSR count). The van der Waals surface area contributed by atoms with Crippen LogP contribution in [0.4, 0.5) is 0 Å². The van der Waals surface area contributed by atoms with Gasteiger partial charge in [0.25, 0.3) is 0 Å². The van der Waals surface area contributed by atoms with Crippen LogP contribution in [0.1, 0.15) is 47.5 Å². The standard InChI is InChI=1S/C12H25NO/c1-11(2,3)13-8-6-7-10(9-14)12(13,4)5/h10,14H,6-9H2,1-5H3. The Balaban J connectivity index is 2.86. The van der Waals surface area contributed by atoms with E-state index in [1.807, 2.05) is 0 Å². The molecule has 0 aromatic heterocycles. The van der Waals surface area contributed by atoms with E-state index in [1.165, 1.54) is 6.42 Å². The number of aliphatic hydroxyl groups is 1. The fraction of sp³-hybridized carbons (Fsp3) is 1.00. The smallest absolute Gasteiger partial charge is 0.0476 e. The van der Waals surface area contributed by atoms with Crippen molar-refractivity contribution in [3.05, 3.63) is 0 Å². The maximum absolute atomic E-state index is 9.38. The van der Waals surface area contributed by atoms with E-state index in [-0.39, 0.29) is 11.1 Å². The van der Waals surface area contributed by atoms with E-state index in [2.05, 4.69) is 39.5 Å². The molecule has 0 aromatic carbocycles. The fourth-order valence-corrected chi connectivity index (χ4v) is 2.87. The van der Waals surface area contributed by atoms with Gasteiger partial charge in [-0.1, -0.05) is 0 Å². The predicted molar refractivity (Wildman–Crippen MR) is 60.3 cm³/mol. The zero-order valence-corrected chi connectivity index (χ0v) is 10.3. The van der Waals surface area contributed by atoms with Crippen LogP contribution in [-0.2, 0) is 0 Å². The van der Waals surface area contributed by atoms with Gasteiger partial charge in [-0.25, -0.2) is 0 Å². The van der Waals surface area contributed by atoms with Gasteiger partial charge in [-0.15, -0.1) is 0 Å². The highest BCUT2D eigenvalue weighted by Gasteiger charge is 2.42. The minimum absolute atomic E-state index is 0.130. The molecule has 0 saturated carbocycles. The molecule has 0 spiro atoms. The van der Waals surface area contributed by atoms with Gasteiger partial charge in [0.2, 0.25) is 0 Å². The predicted octanol–water partition coefficient (Wildman–Crippen LogP) is 2.27. The molecule has 2 heteroatoms. The van der Waals surface area contributed by atoms with E-state index in [4.69, 9.17) is 0 Å². The topological polar surface area (TPSA) is 23.5 Å². The summed E-state index contributed by atoms with van der Waals surface area (Å²) in [6, 6.07) is 0. The third-order valence-corrected chi connectivity index (χ3v) is 3.66. The molecule has 1 saturated heterocycles. The molecule has 14 heavy (non-hydrogen) atoms. The second kappa shape index (κ2) is 3.82. The summed E-state index contributed by atoms with van der Waals surface area (Å²) in [5.41, 5.74) is 0.336. The molecular weight excluding hydrogens is 174 g/mol. The van der Waals surface area contributed by atoms with Crippen LogP contribution in [0, 0.1) is 5.92 Å². The Labute approximate surface area is 88.3 Å². The van der Waals surface area contributed by atoms with E-state index in [0.717, 1.165) is 13.0 Å². The van der Waals surface area contributed by atoms with Crippen molar-refractivity contribution in [3.63, 3.8) is 0 Å². The summed E-state index contributed by atoms with van der Waals surface area (Å²) >= 11 is 0. The van der Waals surface area contributed by atoms with Crippen molar-refractivity contribution >= 4 is 0 Å². The lowest BCUT2D eigenvalue weighted by Gasteiger charge is -2.53. The van der Waals surface area contributed by atoms with Crippen LogP contribution in [0.5, 0.6) is 0 Å². The minimum Gasteiger partial charge on any atom is -0.396 e. The molecule has 1 aliphatic heterocycles. The molecule has 84 valence electrons. The van der Waals surface area contributed by atoms with Crippen LogP contribution in [0.15, 0.2) is 0 Å². The number of aliphatic hydroxyl groups excluding tert-OH is 1. The summed E-state index contributed by atoms with van der Waals surface area (Å²) in [7, 11) is 0. The first-order chi connectivity index (χ1) is 6.30. The zero-order valence-electron chi connectivity index (χ0n) is 10.3. The lowest BCUT2D eigenvalue weighted by Crippen LogP contribution is -2.61. The summed E-state index contributed by atoms with van der Waals surface area (Å²) < 4.78 is 0. The van der Waals surface area contributed by atoms with Crippen molar-refractivity contribution in [1.29, 1.82) is 0 Å². The van der Waals surface area contributed by atoms with Gasteiger partial charge in [0.1, 0.15) is 0 Å². The average molecular weight is 199 g/mol. The van der Waals surface area contributed by atoms with E-state index >= 15 is 0 Å². The fourth-order valence-electron chi connectivity index (χ4n) is 2.87. The zero-order chi connectivity index (χ0) is 11.0. The molecule has 0 aromatic rings. The number of likely N-dealkylation sites (tertiary alicyclic amines) is 1. The minimum atomic E-state index is 0.130. The summed E-state index contributed by atoms with van der Waals surface area (Å²) in [6.45, 7) is 12.8. The number of hydrogen-bond acceptors (Lipinski definition) is 2. The van der Waals surface area contributed by atoms with Crippen LogP contribution < -0.4 is 0 Å². The van der Waals surface area contributed by atoms with Gasteiger partial charge in [-0.2, -0.15) is 0 Å². The Morgan fingerprint density at radius 1 is 1.36 bits per heavy atom. The van der Waals surface area contributed by atoms with E-state index in [9.17, 15) is 5.11 Å². The lowest BCUT2D eigenvalue weighted by atomic mass is 9.77. The highest BCUT2D eigenvalue weighted by molar-refractivity contribution is 4.97. The molecule has 1 heterocycles.